The first-order valence-corrected chi connectivity index (χ1v) is 12.2. The van der Waals surface area contributed by atoms with E-state index >= 15 is 0 Å². The van der Waals surface area contributed by atoms with Crippen LogP contribution in [0, 0.1) is 12.8 Å². The van der Waals surface area contributed by atoms with Crippen LogP contribution in [0.5, 0.6) is 0 Å². The zero-order valence-corrected chi connectivity index (χ0v) is 19.1. The van der Waals surface area contributed by atoms with Crippen LogP contribution in [0.25, 0.3) is 50.2 Å². The Bertz CT molecular complexity index is 1800. The summed E-state index contributed by atoms with van der Waals surface area (Å²) in [7, 11) is 0. The molecule has 0 bridgehead atoms. The lowest BCUT2D eigenvalue weighted by molar-refractivity contribution is 0.976. The van der Waals surface area contributed by atoms with E-state index in [1.165, 1.54) is 61.8 Å². The number of para-hydroxylation sites is 2. The van der Waals surface area contributed by atoms with Gasteiger partial charge in [0, 0.05) is 27.5 Å². The lowest BCUT2D eigenvalue weighted by atomic mass is 9.97. The molecule has 162 valence electrons. The van der Waals surface area contributed by atoms with E-state index in [2.05, 4.69) is 119 Å². The number of allylic oxidation sites excluding steroid dienone is 1. The maximum atomic E-state index is 2.48. The molecule has 2 heteroatoms. The number of aromatic nitrogens is 2. The molecule has 8 rings (SSSR count). The highest BCUT2D eigenvalue weighted by Crippen LogP contribution is 2.57. The molecule has 2 aliphatic carbocycles. The van der Waals surface area contributed by atoms with Crippen molar-refractivity contribution in [3.63, 3.8) is 0 Å². The monoisotopic (exact) mass is 436 g/mol. The van der Waals surface area contributed by atoms with Crippen LogP contribution < -0.4 is 0 Å². The van der Waals surface area contributed by atoms with Crippen LogP contribution in [-0.4, -0.2) is 9.13 Å². The smallest absolute Gasteiger partial charge is 0.0548 e. The Morgan fingerprint density at radius 3 is 2.29 bits per heavy atom. The van der Waals surface area contributed by atoms with E-state index in [9.17, 15) is 0 Å². The van der Waals surface area contributed by atoms with Gasteiger partial charge in [0.25, 0.3) is 0 Å². The van der Waals surface area contributed by atoms with Crippen LogP contribution in [0.3, 0.4) is 0 Å². The number of benzene rings is 4. The van der Waals surface area contributed by atoms with Gasteiger partial charge in [-0.2, -0.15) is 0 Å². The van der Waals surface area contributed by atoms with Gasteiger partial charge in [0.2, 0.25) is 0 Å². The molecule has 0 saturated heterocycles. The van der Waals surface area contributed by atoms with Crippen LogP contribution >= 0.6 is 0 Å². The molecule has 2 heterocycles. The molecule has 2 atom stereocenters. The fourth-order valence-corrected chi connectivity index (χ4v) is 6.30. The number of hydrogen-bond acceptors (Lipinski definition) is 0. The van der Waals surface area contributed by atoms with Crippen molar-refractivity contribution in [3.8, 4) is 11.4 Å². The third kappa shape index (κ3) is 2.35. The van der Waals surface area contributed by atoms with E-state index < -0.39 is 0 Å². The first-order chi connectivity index (χ1) is 16.8. The summed E-state index contributed by atoms with van der Waals surface area (Å²) >= 11 is 0. The number of nitrogens with zero attached hydrogens (tertiary/aromatic N) is 2. The Kier molecular flexibility index (Phi) is 3.52. The van der Waals surface area contributed by atoms with Crippen LogP contribution in [0.15, 0.2) is 97.1 Å². The lowest BCUT2D eigenvalue weighted by Gasteiger charge is -2.11. The minimum atomic E-state index is 0.638. The molecule has 1 fully saturated rings. The second kappa shape index (κ2) is 6.51. The first kappa shape index (κ1) is 18.4. The van der Waals surface area contributed by atoms with Crippen molar-refractivity contribution in [3.05, 3.63) is 114 Å². The predicted octanol–water partition coefficient (Wildman–Crippen LogP) is 8.17. The SMILES string of the molecule is Cc1cccc(-n2c3ccccc3c3c4c5c(n(-c6ccccc6)c4ccc32)C=CC2CC52)c1. The molecule has 2 nitrogen and oxygen atoms in total. The average Bonchev–Trinajstić information content (AvgIpc) is 3.48. The van der Waals surface area contributed by atoms with Gasteiger partial charge < -0.3 is 9.13 Å². The number of rotatable bonds is 2. The van der Waals surface area contributed by atoms with Crippen molar-refractivity contribution < 1.29 is 0 Å². The summed E-state index contributed by atoms with van der Waals surface area (Å²) < 4.78 is 4.93. The minimum Gasteiger partial charge on any atom is -0.310 e. The molecule has 2 unspecified atom stereocenters. The maximum absolute atomic E-state index is 2.48. The highest BCUT2D eigenvalue weighted by Gasteiger charge is 2.43. The van der Waals surface area contributed by atoms with Gasteiger partial charge in [0.15, 0.2) is 0 Å². The van der Waals surface area contributed by atoms with E-state index in [1.54, 1.807) is 5.56 Å². The minimum absolute atomic E-state index is 0.638. The maximum Gasteiger partial charge on any atom is 0.0548 e. The molecular formula is C32H24N2. The van der Waals surface area contributed by atoms with Crippen LogP contribution in [0.2, 0.25) is 0 Å². The number of aryl methyl sites for hydroxylation is 1. The second-order valence-corrected chi connectivity index (χ2v) is 9.88. The zero-order chi connectivity index (χ0) is 22.4. The Labute approximate surface area is 198 Å². The average molecular weight is 437 g/mol. The molecule has 2 aliphatic rings. The highest BCUT2D eigenvalue weighted by atomic mass is 15.0. The summed E-state index contributed by atoms with van der Waals surface area (Å²) in [6.45, 7) is 2.17. The van der Waals surface area contributed by atoms with Crippen molar-refractivity contribution in [1.82, 2.24) is 9.13 Å². The van der Waals surface area contributed by atoms with E-state index in [1.807, 2.05) is 0 Å². The van der Waals surface area contributed by atoms with E-state index in [0.717, 1.165) is 0 Å². The topological polar surface area (TPSA) is 9.86 Å². The van der Waals surface area contributed by atoms with E-state index in [4.69, 9.17) is 0 Å². The summed E-state index contributed by atoms with van der Waals surface area (Å²) in [6, 6.07) is 33.3. The molecule has 0 amide bonds. The Morgan fingerprint density at radius 1 is 0.676 bits per heavy atom. The molecule has 0 aliphatic heterocycles. The summed E-state index contributed by atoms with van der Waals surface area (Å²) in [5.74, 6) is 1.34. The Hall–Kier alpha value is -4.04. The second-order valence-electron chi connectivity index (χ2n) is 9.88. The van der Waals surface area contributed by atoms with Crippen LogP contribution in [-0.2, 0) is 0 Å². The first-order valence-electron chi connectivity index (χ1n) is 12.2. The third-order valence-corrected chi connectivity index (χ3v) is 7.83. The lowest BCUT2D eigenvalue weighted by Crippen LogP contribution is -1.99. The van der Waals surface area contributed by atoms with Crippen molar-refractivity contribution in [2.75, 3.05) is 0 Å². The van der Waals surface area contributed by atoms with Crippen molar-refractivity contribution >= 4 is 38.8 Å². The fourth-order valence-electron chi connectivity index (χ4n) is 6.30. The van der Waals surface area contributed by atoms with Gasteiger partial charge in [-0.05, 0) is 84.8 Å². The normalized spacial score (nSPS) is 18.5. The number of hydrogen-bond donors (Lipinski definition) is 0. The molecule has 4 aromatic carbocycles. The predicted molar refractivity (Wildman–Crippen MR) is 142 cm³/mol. The molecule has 0 radical (unpaired) electrons. The van der Waals surface area contributed by atoms with Gasteiger partial charge in [-0.25, -0.2) is 0 Å². The largest absolute Gasteiger partial charge is 0.310 e. The molecule has 2 aromatic heterocycles. The summed E-state index contributed by atoms with van der Waals surface area (Å²) in [5.41, 5.74) is 10.5. The van der Waals surface area contributed by atoms with Gasteiger partial charge in [0.05, 0.1) is 22.2 Å². The Balaban J connectivity index is 1.59. The summed E-state index contributed by atoms with van der Waals surface area (Å²) in [4.78, 5) is 0. The number of fused-ring (bicyclic) bond motifs is 9. The molecular weight excluding hydrogens is 412 g/mol. The molecule has 1 saturated carbocycles. The van der Waals surface area contributed by atoms with Crippen molar-refractivity contribution in [2.24, 2.45) is 5.92 Å². The van der Waals surface area contributed by atoms with Crippen LogP contribution in [0.1, 0.15) is 29.2 Å². The summed E-state index contributed by atoms with van der Waals surface area (Å²) in [5, 5.41) is 4.17. The van der Waals surface area contributed by atoms with Crippen molar-refractivity contribution in [2.45, 2.75) is 19.3 Å². The molecule has 34 heavy (non-hydrogen) atoms. The van der Waals surface area contributed by atoms with Gasteiger partial charge >= 0.3 is 0 Å². The van der Waals surface area contributed by atoms with Gasteiger partial charge in [-0.15, -0.1) is 0 Å². The Morgan fingerprint density at radius 2 is 1.44 bits per heavy atom. The van der Waals surface area contributed by atoms with Gasteiger partial charge in [0.1, 0.15) is 0 Å². The molecule has 6 aromatic rings. The quantitative estimate of drug-likeness (QED) is 0.259. The summed E-state index contributed by atoms with van der Waals surface area (Å²) in [6.07, 6.45) is 6.07. The highest BCUT2D eigenvalue weighted by molar-refractivity contribution is 6.23. The standard InChI is InChI=1S/C32H24N2/c1-20-8-7-11-23(18-20)34-26-13-6-5-12-24(26)30-28(34)16-17-29-32(30)31-25-19-21(25)14-15-27(31)33(29)22-9-3-2-4-10-22/h2-18,21,25H,19H2,1H3. The molecule has 0 N–H and O–H groups in total. The fraction of sp³-hybridized carbons (Fsp3) is 0.125. The van der Waals surface area contributed by atoms with Gasteiger partial charge in [-0.3, -0.25) is 0 Å². The van der Waals surface area contributed by atoms with E-state index in [-0.39, 0.29) is 0 Å². The third-order valence-electron chi connectivity index (χ3n) is 7.83. The van der Waals surface area contributed by atoms with E-state index in [0.29, 0.717) is 11.8 Å². The van der Waals surface area contributed by atoms with Crippen molar-refractivity contribution in [1.29, 1.82) is 0 Å². The zero-order valence-electron chi connectivity index (χ0n) is 19.1. The van der Waals surface area contributed by atoms with Crippen LogP contribution in [0.4, 0.5) is 0 Å². The molecule has 0 spiro atoms. The van der Waals surface area contributed by atoms with Gasteiger partial charge in [-0.1, -0.05) is 54.6 Å².